The molecule has 0 aliphatic heterocycles. The molecule has 2 aliphatic carbocycles. The molecule has 3 N–H and O–H groups in total. The van der Waals surface area contributed by atoms with Crippen LogP contribution in [0, 0.1) is 47.3 Å². The molecule has 450 valence electrons. The Morgan fingerprint density at radius 1 is 0.461 bits per heavy atom. The SMILES string of the molecule is CC(C)C(CCC(C)C(CCC1CCC(C(=O)OCCCCCCOC(=O)C2CCC(CCC(SCCN(C)C)C(C)CCC(SCCN(C)C)C(C)C)C(SCCN(C)C)C2)CC1SCCO)SCCO)SCCO. The van der Waals surface area contributed by atoms with Crippen LogP contribution in [0.15, 0.2) is 0 Å². The number of nitrogens with zero attached hydrogens (tertiary/aromatic N) is 3. The number of carbonyl (C=O) groups is 2. The molecule has 2 aliphatic rings. The molecule has 2 rings (SSSR count). The lowest BCUT2D eigenvalue weighted by Gasteiger charge is -2.36. The van der Waals surface area contributed by atoms with Gasteiger partial charge >= 0.3 is 11.9 Å². The van der Waals surface area contributed by atoms with Gasteiger partial charge in [0.1, 0.15) is 0 Å². The topological polar surface area (TPSA) is 123 Å². The van der Waals surface area contributed by atoms with Crippen LogP contribution in [0.25, 0.3) is 0 Å². The lowest BCUT2D eigenvalue weighted by atomic mass is 9.78. The maximum absolute atomic E-state index is 13.6. The third kappa shape index (κ3) is 32.6. The molecule has 2 saturated carbocycles. The molecule has 0 aromatic carbocycles. The van der Waals surface area contributed by atoms with Gasteiger partial charge in [-0.25, -0.2) is 0 Å². The van der Waals surface area contributed by atoms with Crippen LogP contribution >= 0.6 is 70.6 Å². The molecule has 0 aromatic rings. The van der Waals surface area contributed by atoms with E-state index in [1.807, 2.05) is 35.3 Å². The van der Waals surface area contributed by atoms with E-state index in [4.69, 9.17) is 9.47 Å². The number of ether oxygens (including phenoxy) is 2. The van der Waals surface area contributed by atoms with Gasteiger partial charge in [-0.05, 0) is 193 Å². The number of unbranched alkanes of at least 4 members (excludes halogenated alkanes) is 3. The van der Waals surface area contributed by atoms with Gasteiger partial charge in [-0.2, -0.15) is 70.6 Å². The predicted octanol–water partition coefficient (Wildman–Crippen LogP) is 12.4. The molecule has 12 unspecified atom stereocenters. The molecule has 0 amide bonds. The van der Waals surface area contributed by atoms with E-state index in [0.29, 0.717) is 86.0 Å². The average molecular weight is 1190 g/mol. The van der Waals surface area contributed by atoms with E-state index in [1.54, 1.807) is 0 Å². The summed E-state index contributed by atoms with van der Waals surface area (Å²) in [6.45, 7) is 19.0. The second-order valence-electron chi connectivity index (χ2n) is 24.1. The van der Waals surface area contributed by atoms with E-state index in [1.165, 1.54) is 37.2 Å². The Bertz CT molecular complexity index is 1440. The number of hydrogen-bond donors (Lipinski definition) is 3. The Morgan fingerprint density at radius 2 is 0.829 bits per heavy atom. The van der Waals surface area contributed by atoms with Crippen molar-refractivity contribution in [2.24, 2.45) is 47.3 Å². The molecular weight excluding hydrogens is 1070 g/mol. The molecule has 0 radical (unpaired) electrons. The summed E-state index contributed by atoms with van der Waals surface area (Å²) in [6.07, 6.45) is 18.8. The zero-order valence-corrected chi connectivity index (χ0v) is 55.4. The van der Waals surface area contributed by atoms with Crippen LogP contribution in [0.2, 0.25) is 0 Å². The van der Waals surface area contributed by atoms with Crippen molar-refractivity contribution in [1.82, 2.24) is 14.7 Å². The van der Waals surface area contributed by atoms with Gasteiger partial charge in [-0.15, -0.1) is 0 Å². The molecule has 0 aromatic heterocycles. The van der Waals surface area contributed by atoms with Crippen molar-refractivity contribution in [2.45, 2.75) is 189 Å². The van der Waals surface area contributed by atoms with E-state index in [2.05, 4.69) is 134 Å². The van der Waals surface area contributed by atoms with Crippen molar-refractivity contribution in [3.63, 3.8) is 0 Å². The molecule has 0 bridgehead atoms. The van der Waals surface area contributed by atoms with Gasteiger partial charge in [0.15, 0.2) is 0 Å². The third-order valence-corrected chi connectivity index (χ3v) is 25.3. The van der Waals surface area contributed by atoms with Crippen LogP contribution in [0.4, 0.5) is 0 Å². The highest BCUT2D eigenvalue weighted by atomic mass is 32.2. The van der Waals surface area contributed by atoms with Crippen molar-refractivity contribution in [3.05, 3.63) is 0 Å². The van der Waals surface area contributed by atoms with Crippen molar-refractivity contribution in [3.8, 4) is 0 Å². The van der Waals surface area contributed by atoms with E-state index < -0.39 is 0 Å². The Kier molecular flexibility index (Phi) is 42.5. The molecular formula is C60H117N3O7S6. The maximum atomic E-state index is 13.6. The standard InChI is InChI=1S/C60H117N3O7S6/c1-45(2)53(71-37-29-61(7)8)25-17-47(5)55(72-38-30-62(9)10)27-23-49-19-21-51(43-57(49)73-39-31-63(11)12)59(67)69-35-15-13-14-16-36-70-60(68)52-22-20-50(58(44-52)76-42-34-66)24-28-56(75-41-33-65)48(6)18-26-54(46(3)4)74-40-32-64/h45-58,64-66H,13-44H2,1-12H3. The van der Waals surface area contributed by atoms with Gasteiger partial charge < -0.3 is 39.5 Å². The minimum Gasteiger partial charge on any atom is -0.465 e. The van der Waals surface area contributed by atoms with Crippen molar-refractivity contribution < 1.29 is 34.4 Å². The zero-order chi connectivity index (χ0) is 56.3. The second kappa shape index (κ2) is 44.3. The lowest BCUT2D eigenvalue weighted by molar-refractivity contribution is -0.151. The highest BCUT2D eigenvalue weighted by molar-refractivity contribution is 8.01. The fourth-order valence-electron chi connectivity index (χ4n) is 11.1. The first-order valence-corrected chi connectivity index (χ1v) is 36.5. The number of esters is 2. The van der Waals surface area contributed by atoms with E-state index in [-0.39, 0.29) is 43.6 Å². The molecule has 0 spiro atoms. The molecule has 2 fully saturated rings. The van der Waals surface area contributed by atoms with Gasteiger partial charge in [0, 0.05) is 85.7 Å². The van der Waals surface area contributed by atoms with Crippen LogP contribution in [-0.4, -0.2) is 203 Å². The van der Waals surface area contributed by atoms with Crippen LogP contribution in [0.3, 0.4) is 0 Å². The molecule has 0 heterocycles. The minimum absolute atomic E-state index is 0.0000667. The summed E-state index contributed by atoms with van der Waals surface area (Å²) in [5.74, 6) is 9.18. The highest BCUT2D eigenvalue weighted by Gasteiger charge is 2.37. The summed E-state index contributed by atoms with van der Waals surface area (Å²) in [6, 6.07) is 0. The van der Waals surface area contributed by atoms with Crippen LogP contribution in [0.5, 0.6) is 0 Å². The van der Waals surface area contributed by atoms with Gasteiger partial charge in [0.05, 0.1) is 44.9 Å². The monoisotopic (exact) mass is 1180 g/mol. The van der Waals surface area contributed by atoms with E-state index in [0.717, 1.165) is 127 Å². The third-order valence-electron chi connectivity index (χ3n) is 16.1. The number of rotatable bonds is 46. The van der Waals surface area contributed by atoms with Gasteiger partial charge in [0.2, 0.25) is 0 Å². The zero-order valence-electron chi connectivity index (χ0n) is 50.5. The summed E-state index contributed by atoms with van der Waals surface area (Å²) < 4.78 is 11.9. The van der Waals surface area contributed by atoms with Gasteiger partial charge in [-0.1, -0.05) is 41.5 Å². The predicted molar refractivity (Wildman–Crippen MR) is 341 cm³/mol. The first kappa shape index (κ1) is 72.9. The summed E-state index contributed by atoms with van der Waals surface area (Å²) in [4.78, 5) is 33.9. The van der Waals surface area contributed by atoms with E-state index >= 15 is 0 Å². The molecule has 16 heteroatoms. The normalized spacial score (nSPS) is 22.8. The van der Waals surface area contributed by atoms with Gasteiger partial charge in [-0.3, -0.25) is 9.59 Å². The summed E-state index contributed by atoms with van der Waals surface area (Å²) >= 11 is 12.1. The summed E-state index contributed by atoms with van der Waals surface area (Å²) in [5.41, 5.74) is 0. The first-order chi connectivity index (χ1) is 36.4. The van der Waals surface area contributed by atoms with Crippen LogP contribution in [-0.2, 0) is 19.1 Å². The first-order valence-electron chi connectivity index (χ1n) is 30.2. The number of carbonyl (C=O) groups excluding carboxylic acids is 2. The molecule has 12 atom stereocenters. The largest absolute Gasteiger partial charge is 0.465 e. The molecule has 76 heavy (non-hydrogen) atoms. The fraction of sp³-hybridized carbons (Fsp3) is 0.967. The van der Waals surface area contributed by atoms with Gasteiger partial charge in [0.25, 0.3) is 0 Å². The fourth-order valence-corrected chi connectivity index (χ4v) is 19.3. The smallest absolute Gasteiger partial charge is 0.308 e. The average Bonchev–Trinajstić information content (AvgIpc) is 3.37. The maximum Gasteiger partial charge on any atom is 0.308 e. The van der Waals surface area contributed by atoms with Crippen LogP contribution < -0.4 is 0 Å². The number of hydrogen-bond acceptors (Lipinski definition) is 16. The van der Waals surface area contributed by atoms with Crippen molar-refractivity contribution in [2.75, 3.05) is 129 Å². The number of aliphatic hydroxyl groups excluding tert-OH is 3. The second-order valence-corrected chi connectivity index (χ2v) is 32.2. The minimum atomic E-state index is -0.0893. The number of aliphatic hydroxyl groups is 3. The summed E-state index contributed by atoms with van der Waals surface area (Å²) in [5, 5.41) is 32.1. The quantitative estimate of drug-likeness (QED) is 0.0395. The highest BCUT2D eigenvalue weighted by Crippen LogP contribution is 2.43. The van der Waals surface area contributed by atoms with Crippen molar-refractivity contribution >= 4 is 82.5 Å². The molecule has 10 nitrogen and oxygen atoms in total. The Morgan fingerprint density at radius 3 is 1.22 bits per heavy atom. The summed E-state index contributed by atoms with van der Waals surface area (Å²) in [7, 11) is 13.0. The Hall–Kier alpha value is 0.800. The Labute approximate surface area is 493 Å². The van der Waals surface area contributed by atoms with Crippen LogP contribution in [0.1, 0.15) is 157 Å². The molecule has 0 saturated heterocycles. The van der Waals surface area contributed by atoms with Crippen molar-refractivity contribution in [1.29, 1.82) is 0 Å². The number of thioether (sulfide) groups is 6. The Balaban J connectivity index is 1.83. The van der Waals surface area contributed by atoms with E-state index in [9.17, 15) is 24.9 Å². The lowest BCUT2D eigenvalue weighted by Crippen LogP contribution is -2.34.